The van der Waals surface area contributed by atoms with E-state index in [0.29, 0.717) is 17.9 Å². The van der Waals surface area contributed by atoms with E-state index in [1.165, 1.54) is 57.8 Å². The van der Waals surface area contributed by atoms with Crippen LogP contribution in [0.1, 0.15) is 57.8 Å². The number of carbonyl (C=O) groups excluding carboxylic acids is 1. The number of hydrogen-bond acceptors (Lipinski definition) is 2. The number of carbonyl (C=O) groups is 1. The smallest absolute Gasteiger partial charge is 0.223 e. The second kappa shape index (κ2) is 6.25. The van der Waals surface area contributed by atoms with Gasteiger partial charge < -0.3 is 10.6 Å². The minimum Gasteiger partial charge on any atom is -0.355 e. The normalized spacial score (nSPS) is 34.6. The van der Waals surface area contributed by atoms with Crippen molar-refractivity contribution in [2.75, 3.05) is 13.1 Å². The van der Waals surface area contributed by atoms with Crippen molar-refractivity contribution in [2.45, 2.75) is 63.8 Å². The molecule has 3 heteroatoms. The lowest BCUT2D eigenvalue weighted by molar-refractivity contribution is -0.123. The molecule has 0 saturated heterocycles. The van der Waals surface area contributed by atoms with Gasteiger partial charge in [-0.2, -0.15) is 0 Å². The first-order valence-electron chi connectivity index (χ1n) is 8.37. The van der Waals surface area contributed by atoms with Crippen LogP contribution in [0, 0.1) is 17.8 Å². The van der Waals surface area contributed by atoms with Gasteiger partial charge in [-0.3, -0.25) is 4.79 Å². The maximum absolute atomic E-state index is 12.0. The van der Waals surface area contributed by atoms with Crippen molar-refractivity contribution in [3.63, 3.8) is 0 Å². The summed E-state index contributed by atoms with van der Waals surface area (Å²) in [5.41, 5.74) is 0. The lowest BCUT2D eigenvalue weighted by Gasteiger charge is -2.16. The minimum absolute atomic E-state index is 0.331. The topological polar surface area (TPSA) is 41.1 Å². The molecule has 0 aliphatic heterocycles. The standard InChI is InChI=1S/C16H28N2O/c19-16(15-13-8-5-9-14(13)15)18-11-10-17-12-6-3-1-2-4-7-12/h12-15,17H,1-11H2,(H,18,19). The summed E-state index contributed by atoms with van der Waals surface area (Å²) in [6, 6.07) is 0.694. The van der Waals surface area contributed by atoms with E-state index in [0.717, 1.165) is 24.9 Å². The van der Waals surface area contributed by atoms with E-state index < -0.39 is 0 Å². The van der Waals surface area contributed by atoms with E-state index in [2.05, 4.69) is 10.6 Å². The molecule has 3 saturated carbocycles. The minimum atomic E-state index is 0.331. The van der Waals surface area contributed by atoms with E-state index >= 15 is 0 Å². The van der Waals surface area contributed by atoms with Gasteiger partial charge in [0.15, 0.2) is 0 Å². The molecule has 3 aliphatic carbocycles. The molecule has 2 N–H and O–H groups in total. The fourth-order valence-corrected chi connectivity index (χ4v) is 4.27. The Morgan fingerprint density at radius 3 is 2.21 bits per heavy atom. The van der Waals surface area contributed by atoms with Crippen molar-refractivity contribution >= 4 is 5.91 Å². The molecule has 0 aromatic carbocycles. The van der Waals surface area contributed by atoms with Crippen LogP contribution in [0.15, 0.2) is 0 Å². The first-order valence-corrected chi connectivity index (χ1v) is 8.37. The van der Waals surface area contributed by atoms with Crippen LogP contribution in [-0.4, -0.2) is 25.0 Å². The maximum atomic E-state index is 12.0. The van der Waals surface area contributed by atoms with Gasteiger partial charge in [-0.1, -0.05) is 32.1 Å². The molecule has 3 nitrogen and oxygen atoms in total. The number of rotatable bonds is 5. The van der Waals surface area contributed by atoms with Crippen molar-refractivity contribution < 1.29 is 4.79 Å². The molecule has 0 spiro atoms. The molecule has 3 fully saturated rings. The maximum Gasteiger partial charge on any atom is 0.223 e. The highest BCUT2D eigenvalue weighted by atomic mass is 16.2. The highest BCUT2D eigenvalue weighted by molar-refractivity contribution is 5.82. The van der Waals surface area contributed by atoms with Gasteiger partial charge in [-0.25, -0.2) is 0 Å². The molecule has 2 atom stereocenters. The van der Waals surface area contributed by atoms with Crippen LogP contribution in [0.25, 0.3) is 0 Å². The predicted molar refractivity (Wildman–Crippen MR) is 76.8 cm³/mol. The number of hydrogen-bond donors (Lipinski definition) is 2. The lowest BCUT2D eigenvalue weighted by Crippen LogP contribution is -2.37. The fraction of sp³-hybridized carbons (Fsp3) is 0.938. The summed E-state index contributed by atoms with van der Waals surface area (Å²) in [6.45, 7) is 1.75. The van der Waals surface area contributed by atoms with Gasteiger partial charge in [0.05, 0.1) is 0 Å². The summed E-state index contributed by atoms with van der Waals surface area (Å²) in [5, 5.41) is 6.74. The number of fused-ring (bicyclic) bond motifs is 1. The summed E-state index contributed by atoms with van der Waals surface area (Å²) in [5.74, 6) is 2.20. The van der Waals surface area contributed by atoms with E-state index in [-0.39, 0.29) is 0 Å². The first-order chi connectivity index (χ1) is 9.36. The van der Waals surface area contributed by atoms with Crippen molar-refractivity contribution in [2.24, 2.45) is 17.8 Å². The van der Waals surface area contributed by atoms with Crippen LogP contribution in [0.3, 0.4) is 0 Å². The third-order valence-electron chi connectivity index (χ3n) is 5.42. The molecular formula is C16H28N2O. The monoisotopic (exact) mass is 264 g/mol. The summed E-state index contributed by atoms with van der Waals surface area (Å²) in [7, 11) is 0. The van der Waals surface area contributed by atoms with Crippen LogP contribution >= 0.6 is 0 Å². The third kappa shape index (κ3) is 3.31. The van der Waals surface area contributed by atoms with Crippen molar-refractivity contribution in [3.05, 3.63) is 0 Å². The van der Waals surface area contributed by atoms with Crippen LogP contribution < -0.4 is 10.6 Å². The van der Waals surface area contributed by atoms with E-state index in [1.54, 1.807) is 0 Å². The summed E-state index contributed by atoms with van der Waals surface area (Å²) < 4.78 is 0. The molecule has 0 heterocycles. The van der Waals surface area contributed by atoms with Gasteiger partial charge in [0.2, 0.25) is 5.91 Å². The molecule has 108 valence electrons. The summed E-state index contributed by atoms with van der Waals surface area (Å²) in [4.78, 5) is 12.0. The molecule has 0 bridgehead atoms. The molecular weight excluding hydrogens is 236 g/mol. The Balaban J connectivity index is 1.27. The number of amides is 1. The van der Waals surface area contributed by atoms with Crippen molar-refractivity contribution in [1.29, 1.82) is 0 Å². The zero-order chi connectivity index (χ0) is 13.1. The van der Waals surface area contributed by atoms with E-state index in [1.807, 2.05) is 0 Å². The molecule has 19 heavy (non-hydrogen) atoms. The predicted octanol–water partition coefficient (Wildman–Crippen LogP) is 2.46. The van der Waals surface area contributed by atoms with Gasteiger partial charge >= 0.3 is 0 Å². The van der Waals surface area contributed by atoms with E-state index in [4.69, 9.17) is 0 Å². The van der Waals surface area contributed by atoms with Gasteiger partial charge in [0.25, 0.3) is 0 Å². The van der Waals surface area contributed by atoms with Crippen LogP contribution in [0.2, 0.25) is 0 Å². The zero-order valence-electron chi connectivity index (χ0n) is 12.0. The molecule has 0 aromatic rings. The Morgan fingerprint density at radius 1 is 0.842 bits per heavy atom. The molecule has 0 aromatic heterocycles. The number of nitrogens with one attached hydrogen (secondary N) is 2. The van der Waals surface area contributed by atoms with Gasteiger partial charge in [-0.15, -0.1) is 0 Å². The second-order valence-electron chi connectivity index (χ2n) is 6.72. The van der Waals surface area contributed by atoms with Crippen molar-refractivity contribution in [1.82, 2.24) is 10.6 Å². The Morgan fingerprint density at radius 2 is 1.53 bits per heavy atom. The molecule has 2 unspecified atom stereocenters. The Hall–Kier alpha value is -0.570. The Labute approximate surface area is 116 Å². The summed E-state index contributed by atoms with van der Waals surface area (Å²) in [6.07, 6.45) is 12.1. The Kier molecular flexibility index (Phi) is 4.42. The third-order valence-corrected chi connectivity index (χ3v) is 5.42. The van der Waals surface area contributed by atoms with Crippen LogP contribution in [-0.2, 0) is 4.79 Å². The SMILES string of the molecule is O=C(NCCNC1CCCCCC1)C1C2CCCC21. The molecule has 1 amide bonds. The van der Waals surface area contributed by atoms with Crippen LogP contribution in [0.5, 0.6) is 0 Å². The zero-order valence-corrected chi connectivity index (χ0v) is 12.0. The van der Waals surface area contributed by atoms with Gasteiger partial charge in [-0.05, 0) is 37.5 Å². The highest BCUT2D eigenvalue weighted by Crippen LogP contribution is 2.57. The largest absolute Gasteiger partial charge is 0.355 e. The molecule has 3 rings (SSSR count). The fourth-order valence-electron chi connectivity index (χ4n) is 4.27. The molecule has 3 aliphatic rings. The summed E-state index contributed by atoms with van der Waals surface area (Å²) >= 11 is 0. The van der Waals surface area contributed by atoms with Gasteiger partial charge in [0.1, 0.15) is 0 Å². The average Bonchev–Trinajstić information content (AvgIpc) is 3.03. The lowest BCUT2D eigenvalue weighted by atomic mass is 10.1. The van der Waals surface area contributed by atoms with Crippen molar-refractivity contribution in [3.8, 4) is 0 Å². The average molecular weight is 264 g/mol. The highest BCUT2D eigenvalue weighted by Gasteiger charge is 2.56. The second-order valence-corrected chi connectivity index (χ2v) is 6.72. The first kappa shape index (κ1) is 13.4. The van der Waals surface area contributed by atoms with Crippen LogP contribution in [0.4, 0.5) is 0 Å². The molecule has 0 radical (unpaired) electrons. The van der Waals surface area contributed by atoms with E-state index in [9.17, 15) is 4.79 Å². The van der Waals surface area contributed by atoms with Gasteiger partial charge in [0, 0.05) is 25.0 Å². The Bertz CT molecular complexity index is 300. The quantitative estimate of drug-likeness (QED) is 0.591.